The summed E-state index contributed by atoms with van der Waals surface area (Å²) in [7, 11) is 0. The summed E-state index contributed by atoms with van der Waals surface area (Å²) < 4.78 is 1.15. The Morgan fingerprint density at radius 3 is 2.95 bits per heavy atom. The number of aryl methyl sites for hydroxylation is 2. The van der Waals surface area contributed by atoms with Crippen LogP contribution in [0, 0.1) is 0 Å². The maximum atomic E-state index is 12.6. The molecule has 3 rings (SSSR count). The van der Waals surface area contributed by atoms with Crippen LogP contribution in [0.15, 0.2) is 11.1 Å². The van der Waals surface area contributed by atoms with E-state index in [1.54, 1.807) is 11.3 Å². The van der Waals surface area contributed by atoms with Gasteiger partial charge in [-0.25, -0.2) is 9.66 Å². The smallest absolute Gasteiger partial charge is 0.281 e. The van der Waals surface area contributed by atoms with Gasteiger partial charge in [0.1, 0.15) is 11.2 Å². The third kappa shape index (κ3) is 2.88. The molecule has 120 valence electrons. The number of hydrogen-bond acceptors (Lipinski definition) is 5. The molecule has 1 aliphatic rings. The lowest BCUT2D eigenvalue weighted by molar-refractivity contribution is -0.118. The van der Waals surface area contributed by atoms with E-state index in [1.807, 2.05) is 6.92 Å². The van der Waals surface area contributed by atoms with Gasteiger partial charge >= 0.3 is 0 Å². The monoisotopic (exact) mass is 342 g/mol. The van der Waals surface area contributed by atoms with Gasteiger partial charge in [-0.3, -0.25) is 15.0 Å². The second-order valence-electron chi connectivity index (χ2n) is 5.30. The minimum absolute atomic E-state index is 0. The fraction of sp³-hybridized carbons (Fsp3) is 0.500. The number of carbonyl (C=O) groups is 1. The number of nitrogens with one attached hydrogen (secondary N) is 1. The number of carbonyl (C=O) groups excluding carboxylic acids is 1. The van der Waals surface area contributed by atoms with Crippen molar-refractivity contribution < 1.29 is 4.79 Å². The Morgan fingerprint density at radius 2 is 2.23 bits per heavy atom. The SMILES string of the molecule is CC[C@H](N)C(=O)Nn1cnc2sc3c(c2c1=O)CCCC3.Cl. The zero-order valence-corrected chi connectivity index (χ0v) is 13.9. The number of nitrogens with zero attached hydrogens (tertiary/aromatic N) is 2. The zero-order valence-electron chi connectivity index (χ0n) is 12.3. The highest BCUT2D eigenvalue weighted by atomic mass is 35.5. The van der Waals surface area contributed by atoms with Crippen LogP contribution in [-0.2, 0) is 17.6 Å². The summed E-state index contributed by atoms with van der Waals surface area (Å²) in [5, 5.41) is 0.655. The van der Waals surface area contributed by atoms with Gasteiger partial charge in [0.15, 0.2) is 0 Å². The van der Waals surface area contributed by atoms with Gasteiger partial charge in [0.05, 0.1) is 11.4 Å². The molecule has 0 bridgehead atoms. The van der Waals surface area contributed by atoms with Crippen molar-refractivity contribution in [1.82, 2.24) is 9.66 Å². The van der Waals surface area contributed by atoms with Crippen LogP contribution < -0.4 is 16.7 Å². The molecule has 2 aromatic rings. The Labute approximate surface area is 138 Å². The zero-order chi connectivity index (χ0) is 15.0. The molecular formula is C14H19ClN4O2S. The topological polar surface area (TPSA) is 90.0 Å². The Balaban J connectivity index is 0.00000176. The number of hydrogen-bond donors (Lipinski definition) is 2. The first-order valence-corrected chi connectivity index (χ1v) is 8.01. The van der Waals surface area contributed by atoms with E-state index in [0.29, 0.717) is 11.8 Å². The Morgan fingerprint density at radius 1 is 1.50 bits per heavy atom. The molecule has 0 saturated heterocycles. The molecule has 0 radical (unpaired) electrons. The molecular weight excluding hydrogens is 324 g/mol. The van der Waals surface area contributed by atoms with Crippen LogP contribution in [0.3, 0.4) is 0 Å². The molecule has 2 aromatic heterocycles. The summed E-state index contributed by atoms with van der Waals surface area (Å²) in [6.07, 6.45) is 6.08. The number of rotatable bonds is 3. The van der Waals surface area contributed by atoms with Crippen molar-refractivity contribution in [3.8, 4) is 0 Å². The van der Waals surface area contributed by atoms with Gasteiger partial charge in [0.2, 0.25) is 0 Å². The third-order valence-electron chi connectivity index (χ3n) is 3.88. The standard InChI is InChI=1S/C14H18N4O2S.ClH/c1-2-9(15)12(19)17-18-7-16-13-11(14(18)20)8-5-3-4-6-10(8)21-13;/h7,9H,2-6,15H2,1H3,(H,17,19);1H/t9-;/m0./s1. The second-order valence-corrected chi connectivity index (χ2v) is 6.39. The summed E-state index contributed by atoms with van der Waals surface area (Å²) in [6.45, 7) is 1.82. The van der Waals surface area contributed by atoms with Crippen LogP contribution in [0.2, 0.25) is 0 Å². The van der Waals surface area contributed by atoms with E-state index >= 15 is 0 Å². The fourth-order valence-corrected chi connectivity index (χ4v) is 3.83. The largest absolute Gasteiger partial charge is 0.320 e. The number of thiophene rings is 1. The maximum Gasteiger partial charge on any atom is 0.281 e. The molecule has 22 heavy (non-hydrogen) atoms. The summed E-state index contributed by atoms with van der Waals surface area (Å²) in [5.41, 5.74) is 9.11. The van der Waals surface area contributed by atoms with Gasteiger partial charge in [-0.15, -0.1) is 23.7 Å². The first-order valence-electron chi connectivity index (χ1n) is 7.20. The van der Waals surface area contributed by atoms with Crippen LogP contribution in [0.5, 0.6) is 0 Å². The summed E-state index contributed by atoms with van der Waals surface area (Å²) >= 11 is 1.59. The van der Waals surface area contributed by atoms with Gasteiger partial charge in [-0.05, 0) is 37.7 Å². The Hall–Kier alpha value is -1.44. The average Bonchev–Trinajstić information content (AvgIpc) is 2.88. The molecule has 1 atom stereocenters. The van der Waals surface area contributed by atoms with Crippen molar-refractivity contribution in [1.29, 1.82) is 0 Å². The molecule has 0 spiro atoms. The highest BCUT2D eigenvalue weighted by Gasteiger charge is 2.21. The molecule has 8 heteroatoms. The van der Waals surface area contributed by atoms with E-state index in [4.69, 9.17) is 5.73 Å². The van der Waals surface area contributed by atoms with Crippen LogP contribution in [0.4, 0.5) is 0 Å². The maximum absolute atomic E-state index is 12.6. The van der Waals surface area contributed by atoms with E-state index in [-0.39, 0.29) is 23.9 Å². The first-order chi connectivity index (χ1) is 10.1. The Kier molecular flexibility index (Phi) is 5.20. The summed E-state index contributed by atoms with van der Waals surface area (Å²) in [5.74, 6) is -0.371. The van der Waals surface area contributed by atoms with Crippen molar-refractivity contribution in [2.45, 2.75) is 45.1 Å². The lowest BCUT2D eigenvalue weighted by Crippen LogP contribution is -2.42. The summed E-state index contributed by atoms with van der Waals surface area (Å²) in [4.78, 5) is 30.8. The van der Waals surface area contributed by atoms with E-state index in [0.717, 1.165) is 40.8 Å². The second kappa shape index (κ2) is 6.76. The number of aromatic nitrogens is 2. The van der Waals surface area contributed by atoms with Crippen LogP contribution >= 0.6 is 23.7 Å². The van der Waals surface area contributed by atoms with Crippen LogP contribution in [0.25, 0.3) is 10.2 Å². The first kappa shape index (κ1) is 16.9. The number of nitrogens with two attached hydrogens (primary N) is 1. The lowest BCUT2D eigenvalue weighted by atomic mass is 9.97. The molecule has 0 aliphatic heterocycles. The van der Waals surface area contributed by atoms with Crippen molar-refractivity contribution in [2.24, 2.45) is 5.73 Å². The normalized spacial score (nSPS) is 15.0. The molecule has 6 nitrogen and oxygen atoms in total. The van der Waals surface area contributed by atoms with Crippen molar-refractivity contribution in [2.75, 3.05) is 5.43 Å². The van der Waals surface area contributed by atoms with Gasteiger partial charge in [0, 0.05) is 4.88 Å². The summed E-state index contributed by atoms with van der Waals surface area (Å²) in [6, 6.07) is -0.621. The van der Waals surface area contributed by atoms with Crippen molar-refractivity contribution >= 4 is 39.9 Å². The van der Waals surface area contributed by atoms with E-state index in [2.05, 4.69) is 10.4 Å². The van der Waals surface area contributed by atoms with Crippen molar-refractivity contribution in [3.63, 3.8) is 0 Å². The van der Waals surface area contributed by atoms with Gasteiger partial charge in [-0.1, -0.05) is 6.92 Å². The molecule has 0 saturated carbocycles. The number of amides is 1. The third-order valence-corrected chi connectivity index (χ3v) is 5.08. The van der Waals surface area contributed by atoms with E-state index in [9.17, 15) is 9.59 Å². The number of halogens is 1. The highest BCUT2D eigenvalue weighted by molar-refractivity contribution is 7.18. The van der Waals surface area contributed by atoms with Gasteiger partial charge < -0.3 is 5.73 Å². The molecule has 1 amide bonds. The minimum atomic E-state index is -0.621. The lowest BCUT2D eigenvalue weighted by Gasteiger charge is -2.12. The average molecular weight is 343 g/mol. The molecule has 3 N–H and O–H groups in total. The molecule has 2 heterocycles. The number of fused-ring (bicyclic) bond motifs is 3. The molecule has 1 aliphatic carbocycles. The van der Waals surface area contributed by atoms with Crippen LogP contribution in [0.1, 0.15) is 36.6 Å². The van der Waals surface area contributed by atoms with Gasteiger partial charge in [-0.2, -0.15) is 0 Å². The predicted octanol–water partition coefficient (Wildman–Crippen LogP) is 1.57. The fourth-order valence-electron chi connectivity index (χ4n) is 2.61. The van der Waals surface area contributed by atoms with E-state index < -0.39 is 6.04 Å². The minimum Gasteiger partial charge on any atom is -0.320 e. The molecule has 0 fully saturated rings. The highest BCUT2D eigenvalue weighted by Crippen LogP contribution is 2.33. The van der Waals surface area contributed by atoms with Crippen LogP contribution in [-0.4, -0.2) is 21.6 Å². The van der Waals surface area contributed by atoms with E-state index in [1.165, 1.54) is 11.2 Å². The molecule has 0 unspecified atom stereocenters. The Bertz CT molecular complexity index is 755. The van der Waals surface area contributed by atoms with Crippen molar-refractivity contribution in [3.05, 3.63) is 27.1 Å². The van der Waals surface area contributed by atoms with Gasteiger partial charge in [0.25, 0.3) is 11.5 Å². The predicted molar refractivity (Wildman–Crippen MR) is 90.4 cm³/mol. The molecule has 0 aromatic carbocycles. The quantitative estimate of drug-likeness (QED) is 0.885.